The molecule has 208 valence electrons. The van der Waals surface area contributed by atoms with Crippen molar-refractivity contribution in [1.29, 1.82) is 0 Å². The van der Waals surface area contributed by atoms with Crippen molar-refractivity contribution in [3.8, 4) is 17.2 Å². The minimum atomic E-state index is -0.990. The van der Waals surface area contributed by atoms with Gasteiger partial charge in [0.1, 0.15) is 5.75 Å². The van der Waals surface area contributed by atoms with Gasteiger partial charge in [-0.2, -0.15) is 0 Å². The van der Waals surface area contributed by atoms with Crippen LogP contribution in [-0.4, -0.2) is 42.1 Å². The Morgan fingerprint density at radius 3 is 2.67 bits per heavy atom. The Labute approximate surface area is 235 Å². The van der Waals surface area contributed by atoms with Crippen LogP contribution in [-0.2, 0) is 4.79 Å². The number of aromatic nitrogens is 1. The van der Waals surface area contributed by atoms with E-state index in [2.05, 4.69) is 18.8 Å². The maximum Gasteiger partial charge on any atom is 0.296 e. The van der Waals surface area contributed by atoms with E-state index in [1.165, 1.54) is 35.7 Å². The monoisotopic (exact) mass is 562 g/mol. The van der Waals surface area contributed by atoms with E-state index < -0.39 is 23.5 Å². The maximum absolute atomic E-state index is 13.6. The summed E-state index contributed by atoms with van der Waals surface area (Å²) in [4.78, 5) is 33.1. The zero-order chi connectivity index (χ0) is 28.4. The van der Waals surface area contributed by atoms with Crippen molar-refractivity contribution in [1.82, 2.24) is 4.98 Å². The van der Waals surface area contributed by atoms with Gasteiger partial charge in [-0.25, -0.2) is 4.98 Å². The van der Waals surface area contributed by atoms with Gasteiger partial charge in [0.05, 0.1) is 48.4 Å². The molecule has 2 aromatic carbocycles. The first-order valence-electron chi connectivity index (χ1n) is 13.0. The molecule has 0 spiro atoms. The van der Waals surface area contributed by atoms with Gasteiger partial charge < -0.3 is 23.7 Å². The van der Waals surface area contributed by atoms with Crippen molar-refractivity contribution < 1.29 is 33.3 Å². The molecule has 0 bridgehead atoms. The lowest BCUT2D eigenvalue weighted by atomic mass is 9.95. The lowest BCUT2D eigenvalue weighted by molar-refractivity contribution is -0.117. The fourth-order valence-corrected chi connectivity index (χ4v) is 5.54. The van der Waals surface area contributed by atoms with Gasteiger partial charge in [-0.15, -0.1) is 0 Å². The molecule has 1 unspecified atom stereocenters. The number of rotatable bonds is 11. The predicted octanol–water partition coefficient (Wildman–Crippen LogP) is 6.50. The fourth-order valence-electron chi connectivity index (χ4n) is 4.52. The van der Waals surface area contributed by atoms with Gasteiger partial charge in [0.2, 0.25) is 5.78 Å². The predicted molar refractivity (Wildman–Crippen MR) is 152 cm³/mol. The number of furan rings is 1. The molecule has 3 heterocycles. The van der Waals surface area contributed by atoms with Crippen LogP contribution in [0.2, 0.25) is 0 Å². The molecule has 1 N–H and O–H groups in total. The molecule has 5 rings (SSSR count). The second-order valence-corrected chi connectivity index (χ2v) is 10.7. The molecular formula is C30H30N2O7S. The summed E-state index contributed by atoms with van der Waals surface area (Å²) in [5, 5.41) is 11.4. The smallest absolute Gasteiger partial charge is 0.296 e. The molecule has 1 atom stereocenters. The average molecular weight is 563 g/mol. The molecule has 1 aliphatic rings. The van der Waals surface area contributed by atoms with Crippen molar-refractivity contribution in [2.45, 2.75) is 33.2 Å². The average Bonchev–Trinajstić information content (AvgIpc) is 3.67. The van der Waals surface area contributed by atoms with E-state index in [0.29, 0.717) is 52.6 Å². The third-order valence-corrected chi connectivity index (χ3v) is 7.54. The van der Waals surface area contributed by atoms with Gasteiger partial charge in [0.25, 0.3) is 5.91 Å². The van der Waals surface area contributed by atoms with Crippen LogP contribution in [0, 0.1) is 5.92 Å². The zero-order valence-corrected chi connectivity index (χ0v) is 23.5. The lowest BCUT2D eigenvalue weighted by Crippen LogP contribution is -2.31. The summed E-state index contributed by atoms with van der Waals surface area (Å²) in [6, 6.07) is 12.8. The number of ether oxygens (including phenoxy) is 3. The third-order valence-electron chi connectivity index (χ3n) is 6.52. The number of nitrogens with zero attached hydrogens (tertiary/aromatic N) is 2. The number of amides is 1. The number of benzene rings is 2. The van der Waals surface area contributed by atoms with Gasteiger partial charge in [-0.05, 0) is 67.3 Å². The number of aliphatic hydroxyl groups excluding tert-OH is 1. The Balaban J connectivity index is 1.60. The topological polar surface area (TPSA) is 111 Å². The van der Waals surface area contributed by atoms with Gasteiger partial charge in [0, 0.05) is 0 Å². The lowest BCUT2D eigenvalue weighted by Gasteiger charge is -2.25. The van der Waals surface area contributed by atoms with E-state index in [-0.39, 0.29) is 11.3 Å². The van der Waals surface area contributed by atoms with Crippen molar-refractivity contribution in [2.75, 3.05) is 25.2 Å². The van der Waals surface area contributed by atoms with Crippen molar-refractivity contribution in [2.24, 2.45) is 5.92 Å². The molecule has 40 heavy (non-hydrogen) atoms. The number of hydrogen-bond acceptors (Lipinski definition) is 9. The minimum absolute atomic E-state index is 0.00691. The number of aliphatic hydroxyl groups is 1. The highest BCUT2D eigenvalue weighted by atomic mass is 32.1. The van der Waals surface area contributed by atoms with Crippen LogP contribution in [0.5, 0.6) is 17.2 Å². The molecule has 1 aliphatic heterocycles. The summed E-state index contributed by atoms with van der Waals surface area (Å²) in [6.07, 6.45) is 2.24. The normalized spacial score (nSPS) is 15.4. The van der Waals surface area contributed by atoms with E-state index >= 15 is 0 Å². The minimum Gasteiger partial charge on any atom is -0.503 e. The Kier molecular flexibility index (Phi) is 7.79. The Bertz CT molecular complexity index is 1570. The number of carbonyl (C=O) groups is 2. The summed E-state index contributed by atoms with van der Waals surface area (Å²) >= 11 is 1.26. The summed E-state index contributed by atoms with van der Waals surface area (Å²) in [5.74, 6) is 0.157. The van der Waals surface area contributed by atoms with Crippen LogP contribution in [0.1, 0.15) is 49.4 Å². The van der Waals surface area contributed by atoms with Crippen LogP contribution >= 0.6 is 11.3 Å². The number of anilines is 1. The van der Waals surface area contributed by atoms with E-state index in [0.717, 1.165) is 11.1 Å². The highest BCUT2D eigenvalue weighted by Crippen LogP contribution is 2.46. The quantitative estimate of drug-likeness (QED) is 0.206. The number of Topliss-reactive ketones (excluding diaryl/α,β-unsaturated/α-hetero) is 1. The SMILES string of the molecule is CCOc1ccc2nc(N3C(=O)C(O)=C(C(=O)c4ccco4)C3c3ccc(OCCC(C)C)c(OC)c3)sc2c1. The molecule has 0 fully saturated rings. The Morgan fingerprint density at radius 2 is 1.98 bits per heavy atom. The van der Waals surface area contributed by atoms with Crippen molar-refractivity contribution in [3.05, 3.63) is 77.5 Å². The second kappa shape index (κ2) is 11.4. The molecule has 1 amide bonds. The van der Waals surface area contributed by atoms with Crippen molar-refractivity contribution in [3.63, 3.8) is 0 Å². The van der Waals surface area contributed by atoms with Crippen LogP contribution in [0.3, 0.4) is 0 Å². The number of thiazole rings is 1. The molecule has 9 nitrogen and oxygen atoms in total. The van der Waals surface area contributed by atoms with E-state index in [4.69, 9.17) is 18.6 Å². The summed E-state index contributed by atoms with van der Waals surface area (Å²) in [6.45, 7) is 7.16. The second-order valence-electron chi connectivity index (χ2n) is 9.65. The van der Waals surface area contributed by atoms with Crippen molar-refractivity contribution >= 4 is 38.4 Å². The summed E-state index contributed by atoms with van der Waals surface area (Å²) in [5.41, 5.74) is 1.09. The fraction of sp³-hybridized carbons (Fsp3) is 0.300. The third kappa shape index (κ3) is 5.14. The molecule has 0 radical (unpaired) electrons. The number of ketones is 1. The van der Waals surface area contributed by atoms with E-state index in [1.54, 1.807) is 24.3 Å². The molecular weight excluding hydrogens is 532 g/mol. The van der Waals surface area contributed by atoms with Gasteiger partial charge in [-0.1, -0.05) is 31.3 Å². The number of hydrogen-bond donors (Lipinski definition) is 1. The van der Waals surface area contributed by atoms with E-state index in [9.17, 15) is 14.7 Å². The first-order chi connectivity index (χ1) is 19.3. The van der Waals surface area contributed by atoms with Crippen LogP contribution in [0.25, 0.3) is 10.2 Å². The summed E-state index contributed by atoms with van der Waals surface area (Å²) < 4.78 is 23.3. The number of fused-ring (bicyclic) bond motifs is 1. The Hall–Kier alpha value is -4.31. The standard InChI is InChI=1S/C30H30N2O7S/c1-5-37-19-9-10-20-24(16-19)40-30(31-20)32-26(25(28(34)29(32)35)27(33)22-7-6-13-38-22)18-8-11-21(23(15-18)36-4)39-14-12-17(2)3/h6-11,13,15-17,26,34H,5,12,14H2,1-4H3. The largest absolute Gasteiger partial charge is 0.503 e. The highest BCUT2D eigenvalue weighted by molar-refractivity contribution is 7.22. The van der Waals surface area contributed by atoms with Crippen LogP contribution in [0.4, 0.5) is 5.13 Å². The van der Waals surface area contributed by atoms with Gasteiger partial charge in [0.15, 0.2) is 28.1 Å². The maximum atomic E-state index is 13.6. The number of carbonyl (C=O) groups excluding carboxylic acids is 2. The first-order valence-corrected chi connectivity index (χ1v) is 13.8. The van der Waals surface area contributed by atoms with E-state index in [1.807, 2.05) is 25.1 Å². The summed E-state index contributed by atoms with van der Waals surface area (Å²) in [7, 11) is 1.53. The van der Waals surface area contributed by atoms with Crippen LogP contribution in [0.15, 0.2) is 70.5 Å². The molecule has 2 aromatic heterocycles. The van der Waals surface area contributed by atoms with Gasteiger partial charge >= 0.3 is 0 Å². The van der Waals surface area contributed by atoms with Crippen LogP contribution < -0.4 is 19.1 Å². The molecule has 0 saturated carbocycles. The Morgan fingerprint density at radius 1 is 1.15 bits per heavy atom. The molecule has 0 saturated heterocycles. The highest BCUT2D eigenvalue weighted by Gasteiger charge is 2.46. The molecule has 0 aliphatic carbocycles. The number of methoxy groups -OCH3 is 1. The molecule has 10 heteroatoms. The zero-order valence-electron chi connectivity index (χ0n) is 22.7. The van der Waals surface area contributed by atoms with Gasteiger partial charge in [-0.3, -0.25) is 14.5 Å². The molecule has 4 aromatic rings. The first kappa shape index (κ1) is 27.3.